The van der Waals surface area contributed by atoms with E-state index in [1.54, 1.807) is 0 Å². The van der Waals surface area contributed by atoms with Gasteiger partial charge >= 0.3 is 0 Å². The van der Waals surface area contributed by atoms with Gasteiger partial charge in [-0.2, -0.15) is 5.26 Å². The number of para-hydroxylation sites is 2. The molecule has 1 heterocycles. The molecule has 7 aromatic carbocycles. The van der Waals surface area contributed by atoms with E-state index in [9.17, 15) is 5.26 Å². The Hall–Kier alpha value is -6.46. The minimum absolute atomic E-state index is 0.582. The van der Waals surface area contributed by atoms with Gasteiger partial charge in [0.15, 0.2) is 8.07 Å². The number of aromatic nitrogens is 1. The van der Waals surface area contributed by atoms with Gasteiger partial charge in [-0.3, -0.25) is 0 Å². The van der Waals surface area contributed by atoms with Crippen LogP contribution in [0.2, 0.25) is 0 Å². The molecule has 0 aliphatic rings. The fraction of sp³-hybridized carbons (Fsp3) is 0. The Morgan fingerprint density at radius 2 is 1.04 bits per heavy atom. The molecule has 0 spiro atoms. The van der Waals surface area contributed by atoms with Crippen molar-refractivity contribution in [2.75, 3.05) is 0 Å². The van der Waals surface area contributed by atoms with E-state index in [0.29, 0.717) is 11.3 Å². The van der Waals surface area contributed by atoms with Gasteiger partial charge in [-0.1, -0.05) is 146 Å². The molecule has 0 saturated carbocycles. The van der Waals surface area contributed by atoms with Gasteiger partial charge < -0.3 is 4.57 Å². The van der Waals surface area contributed by atoms with E-state index in [2.05, 4.69) is 179 Å². The highest BCUT2D eigenvalue weighted by atomic mass is 28.3. The van der Waals surface area contributed by atoms with Gasteiger partial charge in [0.2, 0.25) is 5.69 Å². The Morgan fingerprint density at radius 1 is 0.542 bits per heavy atom. The molecule has 0 bridgehead atoms. The molecular weight excluding hydrogens is 599 g/mol. The molecule has 4 heteroatoms. The van der Waals surface area contributed by atoms with Crippen LogP contribution in [0.5, 0.6) is 0 Å². The van der Waals surface area contributed by atoms with Crippen molar-refractivity contribution in [1.82, 2.24) is 4.57 Å². The number of nitriles is 1. The molecule has 8 rings (SSSR count). The van der Waals surface area contributed by atoms with Crippen LogP contribution in [-0.4, -0.2) is 12.6 Å². The summed E-state index contributed by atoms with van der Waals surface area (Å²) in [4.78, 5) is 4.01. The maximum atomic E-state index is 10.3. The topological polar surface area (TPSA) is 33.1 Å². The number of hydrogen-bond acceptors (Lipinski definition) is 1. The van der Waals surface area contributed by atoms with Gasteiger partial charge in [-0.05, 0) is 62.2 Å². The first-order chi connectivity index (χ1) is 23.7. The van der Waals surface area contributed by atoms with Gasteiger partial charge in [0.05, 0.1) is 34.9 Å². The van der Waals surface area contributed by atoms with Crippen LogP contribution >= 0.6 is 0 Å². The third-order valence-corrected chi connectivity index (χ3v) is 14.2. The van der Waals surface area contributed by atoms with E-state index in [0.717, 1.165) is 43.8 Å². The van der Waals surface area contributed by atoms with Crippen LogP contribution in [0.25, 0.3) is 43.5 Å². The fourth-order valence-electron chi connectivity index (χ4n) is 7.35. The molecule has 3 nitrogen and oxygen atoms in total. The largest absolute Gasteiger partial charge is 0.319 e. The van der Waals surface area contributed by atoms with Crippen molar-refractivity contribution in [3.8, 4) is 22.9 Å². The van der Waals surface area contributed by atoms with Crippen molar-refractivity contribution < 1.29 is 0 Å². The Kier molecular flexibility index (Phi) is 7.27. The maximum Gasteiger partial charge on any atom is 0.210 e. The van der Waals surface area contributed by atoms with Crippen LogP contribution in [0.1, 0.15) is 5.56 Å². The molecule has 0 radical (unpaired) electrons. The van der Waals surface area contributed by atoms with E-state index < -0.39 is 8.07 Å². The SMILES string of the molecule is [C-]#[N+]c1ccc(-c2ccc(C#N)cc2[Si](c2ccccc2)(c2ccccc2)c2ccccc2)cc1-n1c2ccccc2c2ccccc21. The van der Waals surface area contributed by atoms with E-state index in [4.69, 9.17) is 6.57 Å². The van der Waals surface area contributed by atoms with Crippen LogP contribution in [0, 0.1) is 17.9 Å². The first kappa shape index (κ1) is 29.0. The zero-order valence-corrected chi connectivity index (χ0v) is 27.1. The normalized spacial score (nSPS) is 11.3. The molecule has 0 saturated heterocycles. The summed E-state index contributed by atoms with van der Waals surface area (Å²) in [5.74, 6) is 0. The number of rotatable bonds is 6. The predicted molar refractivity (Wildman–Crippen MR) is 201 cm³/mol. The third kappa shape index (κ3) is 4.55. The Labute approximate surface area is 281 Å². The summed E-state index contributed by atoms with van der Waals surface area (Å²) >= 11 is 0. The lowest BCUT2D eigenvalue weighted by molar-refractivity contribution is 1.19. The van der Waals surface area contributed by atoms with Crippen molar-refractivity contribution >= 4 is 56.3 Å². The monoisotopic (exact) mass is 627 g/mol. The van der Waals surface area contributed by atoms with Gasteiger partial charge in [0.25, 0.3) is 0 Å². The van der Waals surface area contributed by atoms with Crippen LogP contribution < -0.4 is 20.7 Å². The zero-order valence-electron chi connectivity index (χ0n) is 26.1. The van der Waals surface area contributed by atoms with E-state index in [1.165, 1.54) is 15.6 Å². The second-order valence-corrected chi connectivity index (χ2v) is 15.7. The second kappa shape index (κ2) is 12.0. The lowest BCUT2D eigenvalue weighted by Gasteiger charge is -2.36. The summed E-state index contributed by atoms with van der Waals surface area (Å²) in [6.07, 6.45) is 0. The third-order valence-electron chi connectivity index (χ3n) is 9.40. The first-order valence-corrected chi connectivity index (χ1v) is 18.0. The van der Waals surface area contributed by atoms with E-state index in [-0.39, 0.29) is 0 Å². The summed E-state index contributed by atoms with van der Waals surface area (Å²) < 4.78 is 2.22. The quantitative estimate of drug-likeness (QED) is 0.104. The molecule has 0 N–H and O–H groups in total. The van der Waals surface area contributed by atoms with Crippen LogP contribution in [0.15, 0.2) is 176 Å². The van der Waals surface area contributed by atoms with Gasteiger partial charge in [-0.25, -0.2) is 4.85 Å². The standard InChI is InChI=1S/C44H29N3Si/c1-46-40-28-26-33(30-43(40)47-41-23-13-11-21-38(41)39-22-12-14-24-42(39)47)37-27-25-32(31-45)29-44(37)48(34-15-5-2-6-16-34,35-17-7-3-8-18-35)36-19-9-4-10-20-36/h2-30H. The molecule has 1 aromatic heterocycles. The van der Waals surface area contributed by atoms with Crippen molar-refractivity contribution in [1.29, 1.82) is 5.26 Å². The Balaban J connectivity index is 1.49. The summed E-state index contributed by atoms with van der Waals surface area (Å²) in [5, 5.41) is 17.4. The van der Waals surface area contributed by atoms with Crippen molar-refractivity contribution in [3.05, 3.63) is 193 Å². The highest BCUT2D eigenvalue weighted by molar-refractivity contribution is 7.20. The minimum Gasteiger partial charge on any atom is -0.319 e. The Bertz CT molecular complexity index is 2370. The maximum absolute atomic E-state index is 10.3. The molecule has 0 unspecified atom stereocenters. The Morgan fingerprint density at radius 3 is 1.54 bits per heavy atom. The molecule has 0 aliphatic carbocycles. The number of benzene rings is 7. The summed E-state index contributed by atoms with van der Waals surface area (Å²) in [5.41, 5.74) is 6.20. The molecule has 0 atom stereocenters. The average molecular weight is 628 g/mol. The number of nitrogens with zero attached hydrogens (tertiary/aromatic N) is 3. The molecule has 0 amide bonds. The van der Waals surface area contributed by atoms with Crippen LogP contribution in [0.3, 0.4) is 0 Å². The highest BCUT2D eigenvalue weighted by Crippen LogP contribution is 2.37. The predicted octanol–water partition coefficient (Wildman–Crippen LogP) is 8.25. The van der Waals surface area contributed by atoms with Crippen LogP contribution in [-0.2, 0) is 0 Å². The molecule has 0 fully saturated rings. The molecular formula is C44H29N3Si. The summed E-state index contributed by atoms with van der Waals surface area (Å²) in [7, 11) is -2.99. The smallest absolute Gasteiger partial charge is 0.210 e. The molecule has 224 valence electrons. The zero-order chi connectivity index (χ0) is 32.5. The number of hydrogen-bond donors (Lipinski definition) is 0. The van der Waals surface area contributed by atoms with Crippen molar-refractivity contribution in [3.63, 3.8) is 0 Å². The van der Waals surface area contributed by atoms with Gasteiger partial charge in [0, 0.05) is 10.8 Å². The van der Waals surface area contributed by atoms with Crippen molar-refractivity contribution in [2.24, 2.45) is 0 Å². The van der Waals surface area contributed by atoms with E-state index >= 15 is 0 Å². The molecule has 0 aliphatic heterocycles. The first-order valence-electron chi connectivity index (χ1n) is 16.0. The van der Waals surface area contributed by atoms with E-state index in [1.807, 2.05) is 12.1 Å². The fourth-order valence-corrected chi connectivity index (χ4v) is 12.4. The summed E-state index contributed by atoms with van der Waals surface area (Å²) in [6, 6.07) is 63.8. The lowest BCUT2D eigenvalue weighted by Crippen LogP contribution is -2.75. The number of fused-ring (bicyclic) bond motifs is 3. The average Bonchev–Trinajstić information content (AvgIpc) is 3.50. The van der Waals surface area contributed by atoms with Crippen molar-refractivity contribution in [2.45, 2.75) is 0 Å². The van der Waals surface area contributed by atoms with Crippen LogP contribution in [0.4, 0.5) is 5.69 Å². The lowest BCUT2D eigenvalue weighted by atomic mass is 10.0. The minimum atomic E-state index is -2.99. The summed E-state index contributed by atoms with van der Waals surface area (Å²) in [6.45, 7) is 8.19. The molecule has 8 aromatic rings. The second-order valence-electron chi connectivity index (χ2n) is 11.9. The van der Waals surface area contributed by atoms with Gasteiger partial charge in [-0.15, -0.1) is 0 Å². The highest BCUT2D eigenvalue weighted by Gasteiger charge is 2.43. The molecule has 48 heavy (non-hydrogen) atoms. The van der Waals surface area contributed by atoms with Gasteiger partial charge in [0.1, 0.15) is 0 Å².